The molecule has 1 fully saturated rings. The summed E-state index contributed by atoms with van der Waals surface area (Å²) in [4.78, 5) is 0. The molecule has 0 aromatic carbocycles. The van der Waals surface area contributed by atoms with Crippen LogP contribution in [0.15, 0.2) is 12.2 Å². The highest BCUT2D eigenvalue weighted by molar-refractivity contribution is 6.08. The molecule has 1 heteroatoms. The topological polar surface area (TPSA) is 0 Å². The van der Waals surface area contributed by atoms with Crippen LogP contribution in [0.2, 0.25) is 6.04 Å². The first-order chi connectivity index (χ1) is 4.40. The van der Waals surface area contributed by atoms with Crippen molar-refractivity contribution >= 4 is 10.2 Å². The zero-order valence-electron chi connectivity index (χ0n) is 6.01. The Labute approximate surface area is 59.8 Å². The molecule has 1 saturated carbocycles. The second kappa shape index (κ2) is 1.98. The fraction of sp³-hybridized carbons (Fsp3) is 0.750. The second-order valence-electron chi connectivity index (χ2n) is 3.45. The summed E-state index contributed by atoms with van der Waals surface area (Å²) in [7, 11) is 1.41. The van der Waals surface area contributed by atoms with E-state index in [1.165, 1.54) is 29.1 Å². The van der Waals surface area contributed by atoms with E-state index in [1.54, 1.807) is 0 Å². The van der Waals surface area contributed by atoms with E-state index in [9.17, 15) is 0 Å². The fourth-order valence-electron chi connectivity index (χ4n) is 2.36. The average Bonchev–Trinajstić information content (AvgIpc) is 2.45. The minimum absolute atomic E-state index is 0.994. The maximum atomic E-state index is 2.46. The molecular weight excluding hydrogens is 124 g/mol. The van der Waals surface area contributed by atoms with E-state index < -0.39 is 0 Å². The standard InChI is InChI=1S/C8H14Si/c9-5-8-4-6-1-2-7(8)3-6/h1-2,6-8H,3-5H2,9H3. The lowest BCUT2D eigenvalue weighted by atomic mass is 9.96. The molecule has 2 aliphatic carbocycles. The van der Waals surface area contributed by atoms with E-state index in [2.05, 4.69) is 12.2 Å². The van der Waals surface area contributed by atoms with Gasteiger partial charge in [-0.25, -0.2) is 0 Å². The molecule has 0 nitrogen and oxygen atoms in total. The van der Waals surface area contributed by atoms with Crippen molar-refractivity contribution in [2.24, 2.45) is 17.8 Å². The Morgan fingerprint density at radius 2 is 2.22 bits per heavy atom. The first kappa shape index (κ1) is 5.72. The summed E-state index contributed by atoms with van der Waals surface area (Å²) >= 11 is 0. The highest BCUT2D eigenvalue weighted by atomic mass is 28.1. The third-order valence-electron chi connectivity index (χ3n) is 2.94. The van der Waals surface area contributed by atoms with Crippen molar-refractivity contribution in [2.45, 2.75) is 18.9 Å². The number of rotatable bonds is 1. The van der Waals surface area contributed by atoms with Crippen molar-refractivity contribution in [3.63, 3.8) is 0 Å². The molecule has 0 N–H and O–H groups in total. The SMILES string of the molecule is [SiH3]CC1CC2C=CC1C2. The molecule has 2 aliphatic rings. The molecule has 0 saturated heterocycles. The summed E-state index contributed by atoms with van der Waals surface area (Å²) in [6.07, 6.45) is 7.90. The number of fused-ring (bicyclic) bond motifs is 2. The van der Waals surface area contributed by atoms with E-state index in [0.717, 1.165) is 17.8 Å². The van der Waals surface area contributed by atoms with Crippen molar-refractivity contribution < 1.29 is 0 Å². The van der Waals surface area contributed by atoms with Crippen LogP contribution in [-0.4, -0.2) is 10.2 Å². The Morgan fingerprint density at radius 3 is 2.56 bits per heavy atom. The molecule has 0 aromatic heterocycles. The number of hydrogen-bond acceptors (Lipinski definition) is 0. The maximum absolute atomic E-state index is 2.46. The van der Waals surface area contributed by atoms with Gasteiger partial charge in [0.2, 0.25) is 0 Å². The summed E-state index contributed by atoms with van der Waals surface area (Å²) in [5.74, 6) is 3.10. The molecule has 2 bridgehead atoms. The molecule has 50 valence electrons. The molecule has 0 radical (unpaired) electrons. The molecule has 3 atom stereocenters. The van der Waals surface area contributed by atoms with Crippen LogP contribution in [0, 0.1) is 17.8 Å². The van der Waals surface area contributed by atoms with Crippen LogP contribution < -0.4 is 0 Å². The Hall–Kier alpha value is -0.0431. The van der Waals surface area contributed by atoms with Gasteiger partial charge in [-0.2, -0.15) is 0 Å². The zero-order valence-corrected chi connectivity index (χ0v) is 8.01. The lowest BCUT2D eigenvalue weighted by molar-refractivity contribution is 0.493. The minimum Gasteiger partial charge on any atom is -0.0851 e. The zero-order chi connectivity index (χ0) is 6.27. The highest BCUT2D eigenvalue weighted by Crippen LogP contribution is 2.44. The summed E-state index contributed by atoms with van der Waals surface area (Å²) in [5, 5.41) is 0. The molecule has 0 amide bonds. The van der Waals surface area contributed by atoms with Gasteiger partial charge in [0.25, 0.3) is 0 Å². The van der Waals surface area contributed by atoms with Crippen molar-refractivity contribution in [3.8, 4) is 0 Å². The predicted octanol–water partition coefficient (Wildman–Crippen LogP) is 0.982. The number of allylic oxidation sites excluding steroid dienone is 2. The van der Waals surface area contributed by atoms with Crippen molar-refractivity contribution in [1.29, 1.82) is 0 Å². The van der Waals surface area contributed by atoms with E-state index >= 15 is 0 Å². The van der Waals surface area contributed by atoms with Crippen molar-refractivity contribution in [1.82, 2.24) is 0 Å². The van der Waals surface area contributed by atoms with Gasteiger partial charge in [0.1, 0.15) is 0 Å². The molecular formula is C8H14Si. The first-order valence-corrected chi connectivity index (χ1v) is 5.50. The van der Waals surface area contributed by atoms with Crippen LogP contribution in [0.4, 0.5) is 0 Å². The van der Waals surface area contributed by atoms with Gasteiger partial charge in [-0.1, -0.05) is 18.2 Å². The molecule has 0 spiro atoms. The van der Waals surface area contributed by atoms with Gasteiger partial charge in [0.15, 0.2) is 0 Å². The fourth-order valence-corrected chi connectivity index (χ4v) is 3.30. The molecule has 9 heavy (non-hydrogen) atoms. The summed E-state index contributed by atoms with van der Waals surface area (Å²) in [5.41, 5.74) is 0. The van der Waals surface area contributed by atoms with Crippen LogP contribution >= 0.6 is 0 Å². The Bertz CT molecular complexity index is 140. The summed E-state index contributed by atoms with van der Waals surface area (Å²) in [6, 6.07) is 1.53. The minimum atomic E-state index is 0.994. The highest BCUT2D eigenvalue weighted by Gasteiger charge is 2.33. The van der Waals surface area contributed by atoms with E-state index in [0.29, 0.717) is 0 Å². The monoisotopic (exact) mass is 138 g/mol. The normalized spacial score (nSPS) is 46.9. The second-order valence-corrected chi connectivity index (χ2v) is 4.27. The summed E-state index contributed by atoms with van der Waals surface area (Å²) < 4.78 is 0. The van der Waals surface area contributed by atoms with Crippen molar-refractivity contribution in [2.75, 3.05) is 0 Å². The Morgan fingerprint density at radius 1 is 1.33 bits per heavy atom. The van der Waals surface area contributed by atoms with E-state index in [4.69, 9.17) is 0 Å². The lowest BCUT2D eigenvalue weighted by Crippen LogP contribution is -2.04. The Kier molecular flexibility index (Phi) is 1.26. The molecule has 2 rings (SSSR count). The third kappa shape index (κ3) is 0.786. The first-order valence-electron chi connectivity index (χ1n) is 4.08. The van der Waals surface area contributed by atoms with Gasteiger partial charge in [-0.15, -0.1) is 0 Å². The number of hydrogen-bond donors (Lipinski definition) is 0. The van der Waals surface area contributed by atoms with Gasteiger partial charge >= 0.3 is 0 Å². The average molecular weight is 138 g/mol. The van der Waals surface area contributed by atoms with Gasteiger partial charge in [-0.3, -0.25) is 0 Å². The van der Waals surface area contributed by atoms with Crippen LogP contribution in [-0.2, 0) is 0 Å². The predicted molar refractivity (Wildman–Crippen MR) is 43.6 cm³/mol. The summed E-state index contributed by atoms with van der Waals surface area (Å²) in [6.45, 7) is 0. The Balaban J connectivity index is 2.10. The van der Waals surface area contributed by atoms with Crippen LogP contribution in [0.1, 0.15) is 12.8 Å². The van der Waals surface area contributed by atoms with Crippen molar-refractivity contribution in [3.05, 3.63) is 12.2 Å². The third-order valence-corrected chi connectivity index (χ3v) is 3.99. The smallest absolute Gasteiger partial charge is 0.00317 e. The molecule has 0 heterocycles. The lowest BCUT2D eigenvalue weighted by Gasteiger charge is -2.14. The quantitative estimate of drug-likeness (QED) is 0.374. The largest absolute Gasteiger partial charge is 0.0851 e. The van der Waals surface area contributed by atoms with Gasteiger partial charge in [0, 0.05) is 10.2 Å². The van der Waals surface area contributed by atoms with E-state index in [-0.39, 0.29) is 0 Å². The van der Waals surface area contributed by atoms with Gasteiger partial charge in [0.05, 0.1) is 0 Å². The van der Waals surface area contributed by atoms with Crippen LogP contribution in [0.25, 0.3) is 0 Å². The molecule has 3 unspecified atom stereocenters. The maximum Gasteiger partial charge on any atom is 0.00317 e. The van der Waals surface area contributed by atoms with Crippen LogP contribution in [0.3, 0.4) is 0 Å². The van der Waals surface area contributed by atoms with E-state index in [1.807, 2.05) is 0 Å². The van der Waals surface area contributed by atoms with Crippen LogP contribution in [0.5, 0.6) is 0 Å². The van der Waals surface area contributed by atoms with Gasteiger partial charge < -0.3 is 0 Å². The van der Waals surface area contributed by atoms with Gasteiger partial charge in [-0.05, 0) is 30.6 Å². The molecule has 0 aliphatic heterocycles. The molecule has 0 aromatic rings.